The molecule has 5 atom stereocenters. The van der Waals surface area contributed by atoms with Gasteiger partial charge >= 0.3 is 0 Å². The van der Waals surface area contributed by atoms with Crippen molar-refractivity contribution in [3.05, 3.63) is 55.6 Å². The molecule has 10 nitrogen and oxygen atoms in total. The Hall–Kier alpha value is -3.05. The van der Waals surface area contributed by atoms with Crippen molar-refractivity contribution in [3.8, 4) is 0 Å². The molecule has 2 unspecified atom stereocenters. The zero-order valence-electron chi connectivity index (χ0n) is 25.9. The SMILES string of the molecule is C=CCN(CCN1CCOCC1)C(=O)C1N(CCCCCCO)C(=O)[C@@H]2[C@@H](C(=O)N(CC=C)c3ccccc3)[C@H]3CCC12O3. The van der Waals surface area contributed by atoms with Crippen LogP contribution in [-0.2, 0) is 23.9 Å². The van der Waals surface area contributed by atoms with Crippen molar-refractivity contribution in [2.45, 2.75) is 56.3 Å². The summed E-state index contributed by atoms with van der Waals surface area (Å²) < 4.78 is 12.2. The molecule has 4 fully saturated rings. The predicted octanol–water partition coefficient (Wildman–Crippen LogP) is 2.48. The molecule has 1 spiro atoms. The molecule has 0 saturated carbocycles. The highest BCUT2D eigenvalue weighted by molar-refractivity contribution is 6.03. The Kier molecular flexibility index (Phi) is 10.9. The summed E-state index contributed by atoms with van der Waals surface area (Å²) >= 11 is 0. The van der Waals surface area contributed by atoms with Gasteiger partial charge in [-0.3, -0.25) is 19.3 Å². The van der Waals surface area contributed by atoms with Crippen molar-refractivity contribution in [2.24, 2.45) is 11.8 Å². The number of likely N-dealkylation sites (tertiary alicyclic amines) is 1. The van der Waals surface area contributed by atoms with Crippen LogP contribution in [0.25, 0.3) is 0 Å². The number of carbonyl (C=O) groups excluding carboxylic acids is 3. The van der Waals surface area contributed by atoms with Gasteiger partial charge in [-0.25, -0.2) is 0 Å². The molecular formula is C34H48N4O6. The number of morpholine rings is 1. The average Bonchev–Trinajstić information content (AvgIpc) is 3.69. The number of aliphatic hydroxyl groups is 1. The smallest absolute Gasteiger partial charge is 0.248 e. The number of benzene rings is 1. The van der Waals surface area contributed by atoms with E-state index in [0.29, 0.717) is 71.6 Å². The number of ether oxygens (including phenoxy) is 2. The predicted molar refractivity (Wildman–Crippen MR) is 168 cm³/mol. The minimum Gasteiger partial charge on any atom is -0.396 e. The number of nitrogens with zero attached hydrogens (tertiary/aromatic N) is 4. The van der Waals surface area contributed by atoms with E-state index in [9.17, 15) is 19.5 Å². The fourth-order valence-electron chi connectivity index (χ4n) is 7.65. The van der Waals surface area contributed by atoms with Gasteiger partial charge < -0.3 is 29.3 Å². The molecule has 4 saturated heterocycles. The van der Waals surface area contributed by atoms with Crippen LogP contribution < -0.4 is 4.90 Å². The normalized spacial score (nSPS) is 27.8. The first-order valence-corrected chi connectivity index (χ1v) is 16.2. The number of amides is 3. The van der Waals surface area contributed by atoms with Crippen molar-refractivity contribution in [1.29, 1.82) is 0 Å². The molecule has 3 amide bonds. The summed E-state index contributed by atoms with van der Waals surface area (Å²) in [5.41, 5.74) is -0.299. The van der Waals surface area contributed by atoms with Crippen LogP contribution in [0, 0.1) is 11.8 Å². The molecule has 4 heterocycles. The summed E-state index contributed by atoms with van der Waals surface area (Å²) in [6.07, 6.45) is 7.29. The van der Waals surface area contributed by atoms with E-state index >= 15 is 0 Å². The second-order valence-corrected chi connectivity index (χ2v) is 12.3. The van der Waals surface area contributed by atoms with E-state index in [2.05, 4.69) is 18.1 Å². The number of para-hydroxylation sites is 1. The van der Waals surface area contributed by atoms with Crippen LogP contribution in [-0.4, -0.2) is 121 Å². The molecule has 5 rings (SSSR count). The van der Waals surface area contributed by atoms with Crippen LogP contribution in [0.4, 0.5) is 5.69 Å². The van der Waals surface area contributed by atoms with E-state index in [4.69, 9.17) is 9.47 Å². The summed E-state index contributed by atoms with van der Waals surface area (Å²) in [7, 11) is 0. The Morgan fingerprint density at radius 1 is 1.00 bits per heavy atom. The molecule has 44 heavy (non-hydrogen) atoms. The van der Waals surface area contributed by atoms with Gasteiger partial charge in [0.2, 0.25) is 17.7 Å². The summed E-state index contributed by atoms with van der Waals surface area (Å²) in [4.78, 5) is 50.8. The van der Waals surface area contributed by atoms with Gasteiger partial charge in [-0.15, -0.1) is 13.2 Å². The average molecular weight is 609 g/mol. The molecule has 2 bridgehead atoms. The highest BCUT2D eigenvalue weighted by atomic mass is 16.5. The Bertz CT molecular complexity index is 1170. The number of fused-ring (bicyclic) bond motifs is 1. The van der Waals surface area contributed by atoms with Gasteiger partial charge in [0.05, 0.1) is 31.2 Å². The number of aliphatic hydroxyl groups excluding tert-OH is 1. The maximum atomic E-state index is 14.6. The number of rotatable bonds is 16. The highest BCUT2D eigenvalue weighted by Gasteiger charge is 2.74. The first-order valence-electron chi connectivity index (χ1n) is 16.2. The second kappa shape index (κ2) is 14.8. The first-order chi connectivity index (χ1) is 21.5. The van der Waals surface area contributed by atoms with Gasteiger partial charge in [-0.05, 0) is 37.8 Å². The third-order valence-electron chi connectivity index (χ3n) is 9.72. The number of carbonyl (C=O) groups is 3. The zero-order chi connectivity index (χ0) is 31.1. The summed E-state index contributed by atoms with van der Waals surface area (Å²) in [6.45, 7) is 13.2. The first kappa shape index (κ1) is 32.3. The lowest BCUT2D eigenvalue weighted by molar-refractivity contribution is -0.148. The Labute approximate surface area is 261 Å². The quantitative estimate of drug-likeness (QED) is 0.227. The molecule has 10 heteroatoms. The van der Waals surface area contributed by atoms with Crippen molar-refractivity contribution in [3.63, 3.8) is 0 Å². The third-order valence-corrected chi connectivity index (χ3v) is 9.72. The molecule has 4 aliphatic rings. The highest BCUT2D eigenvalue weighted by Crippen LogP contribution is 2.59. The van der Waals surface area contributed by atoms with Crippen molar-refractivity contribution < 1.29 is 29.0 Å². The van der Waals surface area contributed by atoms with Crippen molar-refractivity contribution in [1.82, 2.24) is 14.7 Å². The molecular weight excluding hydrogens is 560 g/mol. The van der Waals surface area contributed by atoms with E-state index in [0.717, 1.165) is 31.6 Å². The molecule has 240 valence electrons. The van der Waals surface area contributed by atoms with Gasteiger partial charge in [0.15, 0.2) is 0 Å². The van der Waals surface area contributed by atoms with Gasteiger partial charge in [0, 0.05) is 58.1 Å². The molecule has 0 aliphatic carbocycles. The molecule has 1 aromatic rings. The van der Waals surface area contributed by atoms with Gasteiger partial charge in [-0.1, -0.05) is 43.2 Å². The third kappa shape index (κ3) is 6.36. The van der Waals surface area contributed by atoms with Crippen LogP contribution >= 0.6 is 0 Å². The van der Waals surface area contributed by atoms with E-state index < -0.39 is 29.6 Å². The van der Waals surface area contributed by atoms with Crippen molar-refractivity contribution in [2.75, 3.05) is 70.5 Å². The Morgan fingerprint density at radius 2 is 1.73 bits per heavy atom. The lowest BCUT2D eigenvalue weighted by Gasteiger charge is -2.37. The monoisotopic (exact) mass is 608 g/mol. The molecule has 1 aromatic carbocycles. The molecule has 0 radical (unpaired) electrons. The van der Waals surface area contributed by atoms with E-state index in [1.54, 1.807) is 26.9 Å². The van der Waals surface area contributed by atoms with Crippen LogP contribution in [0.15, 0.2) is 55.6 Å². The van der Waals surface area contributed by atoms with Gasteiger partial charge in [-0.2, -0.15) is 0 Å². The fourth-order valence-corrected chi connectivity index (χ4v) is 7.65. The Balaban J connectivity index is 1.44. The van der Waals surface area contributed by atoms with Crippen LogP contribution in [0.5, 0.6) is 0 Å². The lowest BCUT2D eigenvalue weighted by atomic mass is 9.70. The number of unbranched alkanes of at least 4 members (excludes halogenated alkanes) is 3. The maximum absolute atomic E-state index is 14.6. The molecule has 0 aromatic heterocycles. The zero-order valence-corrected chi connectivity index (χ0v) is 25.9. The second-order valence-electron chi connectivity index (χ2n) is 12.3. The Morgan fingerprint density at radius 3 is 2.43 bits per heavy atom. The summed E-state index contributed by atoms with van der Waals surface area (Å²) in [6, 6.07) is 8.64. The molecule has 4 aliphatic heterocycles. The lowest BCUT2D eigenvalue weighted by Crippen LogP contribution is -2.57. The number of hydrogen-bond donors (Lipinski definition) is 1. The van der Waals surface area contributed by atoms with Crippen LogP contribution in [0.2, 0.25) is 0 Å². The summed E-state index contributed by atoms with van der Waals surface area (Å²) in [5.74, 6) is -1.85. The summed E-state index contributed by atoms with van der Waals surface area (Å²) in [5, 5.41) is 9.22. The van der Waals surface area contributed by atoms with E-state index in [-0.39, 0.29) is 24.3 Å². The topological polar surface area (TPSA) is 103 Å². The van der Waals surface area contributed by atoms with Gasteiger partial charge in [0.1, 0.15) is 11.6 Å². The fraction of sp³-hybridized carbons (Fsp3) is 0.618. The van der Waals surface area contributed by atoms with Crippen molar-refractivity contribution >= 4 is 23.4 Å². The standard InChI is InChI=1S/C34H48N4O6/c1-3-16-36(20-19-35-21-24-43-25-22-35)33(42)30-34-15-14-27(44-34)28(29(34)32(41)38(30)18-10-5-6-11-23-39)31(40)37(17-4-2)26-12-8-7-9-13-26/h3-4,7-9,12-13,27-30,39H,1-2,5-6,10-11,14-25H2/t27-,28+,29+,30?,34?/m1/s1. The number of anilines is 1. The van der Waals surface area contributed by atoms with Crippen LogP contribution in [0.1, 0.15) is 38.5 Å². The van der Waals surface area contributed by atoms with Gasteiger partial charge in [0.25, 0.3) is 0 Å². The minimum absolute atomic E-state index is 0.135. The van der Waals surface area contributed by atoms with E-state index in [1.807, 2.05) is 30.3 Å². The maximum Gasteiger partial charge on any atom is 0.248 e. The largest absolute Gasteiger partial charge is 0.396 e. The van der Waals surface area contributed by atoms with Crippen LogP contribution in [0.3, 0.4) is 0 Å². The number of hydrogen-bond acceptors (Lipinski definition) is 7. The van der Waals surface area contributed by atoms with E-state index in [1.165, 1.54) is 0 Å². The minimum atomic E-state index is -1.04. The molecule has 1 N–H and O–H groups in total.